The molecule has 7 nitrogen and oxygen atoms in total. The van der Waals surface area contributed by atoms with Crippen molar-refractivity contribution in [1.29, 1.82) is 0 Å². The Morgan fingerprint density at radius 3 is 2.44 bits per heavy atom. The molecule has 5 aromatic rings. The Bertz CT molecular complexity index is 1470. The van der Waals surface area contributed by atoms with E-state index in [4.69, 9.17) is 27.6 Å². The SMILES string of the molecule is Cc1ccc(NC(=O)c2cc3[nH]c(Nc4c(Cl)cccc4Cl)nc3c3nc(C)oc23)cc1. The summed E-state index contributed by atoms with van der Waals surface area (Å²) in [4.78, 5) is 25.3. The van der Waals surface area contributed by atoms with Gasteiger partial charge in [-0.3, -0.25) is 4.79 Å². The van der Waals surface area contributed by atoms with Gasteiger partial charge in [0.05, 0.1) is 26.8 Å². The molecule has 0 atom stereocenters. The lowest BCUT2D eigenvalue weighted by molar-refractivity contribution is 0.102. The molecule has 0 saturated carbocycles. The van der Waals surface area contributed by atoms with E-state index in [-0.39, 0.29) is 5.91 Å². The quantitative estimate of drug-likeness (QED) is 0.277. The Balaban J connectivity index is 1.58. The zero-order chi connectivity index (χ0) is 22.4. The van der Waals surface area contributed by atoms with Crippen molar-refractivity contribution in [3.8, 4) is 0 Å². The largest absolute Gasteiger partial charge is 0.440 e. The van der Waals surface area contributed by atoms with Crippen molar-refractivity contribution in [3.05, 3.63) is 75.6 Å². The molecule has 9 heteroatoms. The molecule has 160 valence electrons. The van der Waals surface area contributed by atoms with Crippen LogP contribution >= 0.6 is 23.2 Å². The average Bonchev–Trinajstić information content (AvgIpc) is 3.34. The van der Waals surface area contributed by atoms with Crippen molar-refractivity contribution in [2.45, 2.75) is 13.8 Å². The van der Waals surface area contributed by atoms with Crippen LogP contribution in [0.15, 0.2) is 52.9 Å². The van der Waals surface area contributed by atoms with Gasteiger partial charge in [-0.15, -0.1) is 0 Å². The van der Waals surface area contributed by atoms with E-state index in [1.165, 1.54) is 0 Å². The smallest absolute Gasteiger partial charge is 0.259 e. The maximum Gasteiger partial charge on any atom is 0.259 e. The molecule has 2 heterocycles. The summed E-state index contributed by atoms with van der Waals surface area (Å²) < 4.78 is 5.76. The number of carbonyl (C=O) groups is 1. The summed E-state index contributed by atoms with van der Waals surface area (Å²) in [6.45, 7) is 3.71. The fourth-order valence-corrected chi connectivity index (χ4v) is 3.94. The molecule has 2 aromatic heterocycles. The third-order valence-corrected chi connectivity index (χ3v) is 5.61. The zero-order valence-corrected chi connectivity index (χ0v) is 18.6. The summed E-state index contributed by atoms with van der Waals surface area (Å²) in [5, 5.41) is 6.92. The highest BCUT2D eigenvalue weighted by atomic mass is 35.5. The molecular weight excluding hydrogens is 449 g/mol. The van der Waals surface area contributed by atoms with Crippen molar-refractivity contribution >= 4 is 68.6 Å². The van der Waals surface area contributed by atoms with E-state index < -0.39 is 0 Å². The van der Waals surface area contributed by atoms with Gasteiger partial charge in [-0.1, -0.05) is 47.0 Å². The molecule has 3 N–H and O–H groups in total. The average molecular weight is 466 g/mol. The van der Waals surface area contributed by atoms with E-state index >= 15 is 0 Å². The molecule has 5 rings (SSSR count). The lowest BCUT2D eigenvalue weighted by Gasteiger charge is -2.07. The van der Waals surface area contributed by atoms with Crippen LogP contribution in [0.5, 0.6) is 0 Å². The van der Waals surface area contributed by atoms with E-state index in [0.29, 0.717) is 61.0 Å². The number of aromatic nitrogens is 3. The molecule has 3 aromatic carbocycles. The van der Waals surface area contributed by atoms with E-state index in [1.54, 1.807) is 31.2 Å². The maximum absolute atomic E-state index is 13.1. The van der Waals surface area contributed by atoms with Crippen LogP contribution in [0.3, 0.4) is 0 Å². The molecule has 0 unspecified atom stereocenters. The molecule has 0 radical (unpaired) electrons. The summed E-state index contributed by atoms with van der Waals surface area (Å²) in [7, 11) is 0. The van der Waals surface area contributed by atoms with Crippen LogP contribution in [0.2, 0.25) is 10.0 Å². The second-order valence-electron chi connectivity index (χ2n) is 7.36. The first-order valence-corrected chi connectivity index (χ1v) is 10.5. The Hall–Kier alpha value is -3.55. The van der Waals surface area contributed by atoms with E-state index in [9.17, 15) is 4.79 Å². The van der Waals surface area contributed by atoms with Gasteiger partial charge in [0.15, 0.2) is 11.5 Å². The third-order valence-electron chi connectivity index (χ3n) is 4.98. The summed E-state index contributed by atoms with van der Waals surface area (Å²) in [5.41, 5.74) is 4.70. The van der Waals surface area contributed by atoms with Crippen molar-refractivity contribution in [2.24, 2.45) is 0 Å². The summed E-state index contributed by atoms with van der Waals surface area (Å²) in [6, 6.07) is 14.5. The van der Waals surface area contributed by atoms with Gasteiger partial charge in [-0.2, -0.15) is 0 Å². The second kappa shape index (κ2) is 7.85. The number of aromatic amines is 1. The first kappa shape index (κ1) is 20.4. The van der Waals surface area contributed by atoms with Crippen LogP contribution in [0.1, 0.15) is 21.8 Å². The number of aryl methyl sites for hydroxylation is 2. The van der Waals surface area contributed by atoms with Gasteiger partial charge < -0.3 is 20.0 Å². The van der Waals surface area contributed by atoms with E-state index in [0.717, 1.165) is 5.56 Å². The van der Waals surface area contributed by atoms with Crippen LogP contribution in [0, 0.1) is 13.8 Å². The van der Waals surface area contributed by atoms with Crippen molar-refractivity contribution < 1.29 is 9.21 Å². The number of nitrogens with zero attached hydrogens (tertiary/aromatic N) is 2. The lowest BCUT2D eigenvalue weighted by Crippen LogP contribution is -2.12. The van der Waals surface area contributed by atoms with E-state index in [1.807, 2.05) is 31.2 Å². The Labute approximate surface area is 192 Å². The molecular formula is C23H17Cl2N5O2. The summed E-state index contributed by atoms with van der Waals surface area (Å²) in [5.74, 6) is 0.534. The van der Waals surface area contributed by atoms with Crippen LogP contribution in [0.25, 0.3) is 22.1 Å². The number of nitrogens with one attached hydrogen (secondary N) is 3. The fraction of sp³-hybridized carbons (Fsp3) is 0.0870. The second-order valence-corrected chi connectivity index (χ2v) is 8.17. The number of oxazole rings is 1. The number of hydrogen-bond acceptors (Lipinski definition) is 5. The molecule has 0 aliphatic rings. The van der Waals surface area contributed by atoms with Crippen molar-refractivity contribution in [3.63, 3.8) is 0 Å². The fourth-order valence-electron chi connectivity index (χ4n) is 3.45. The van der Waals surface area contributed by atoms with Gasteiger partial charge >= 0.3 is 0 Å². The predicted octanol–water partition coefficient (Wildman–Crippen LogP) is 6.62. The highest BCUT2D eigenvalue weighted by Gasteiger charge is 2.21. The van der Waals surface area contributed by atoms with Crippen LogP contribution < -0.4 is 10.6 Å². The summed E-state index contributed by atoms with van der Waals surface area (Å²) in [6.07, 6.45) is 0. The lowest BCUT2D eigenvalue weighted by atomic mass is 10.1. The van der Waals surface area contributed by atoms with Gasteiger partial charge in [0.2, 0.25) is 5.95 Å². The van der Waals surface area contributed by atoms with E-state index in [2.05, 4.69) is 25.6 Å². The first-order valence-electron chi connectivity index (χ1n) is 9.78. The van der Waals surface area contributed by atoms with Crippen molar-refractivity contribution in [2.75, 3.05) is 10.6 Å². The molecule has 0 bridgehead atoms. The standard InChI is InChI=1S/C23H17Cl2N5O2/c1-11-6-8-13(9-7-11)27-22(31)14-10-17-19(20-21(14)32-12(2)26-20)30-23(28-17)29-18-15(24)4-3-5-16(18)25/h3-10H,1-2H3,(H,27,31)(H2,28,29,30). The summed E-state index contributed by atoms with van der Waals surface area (Å²) >= 11 is 12.5. The number of anilines is 3. The van der Waals surface area contributed by atoms with Gasteiger partial charge in [0.1, 0.15) is 11.0 Å². The number of imidazole rings is 1. The van der Waals surface area contributed by atoms with Crippen LogP contribution in [-0.4, -0.2) is 20.9 Å². The highest BCUT2D eigenvalue weighted by Crippen LogP contribution is 2.34. The number of carbonyl (C=O) groups excluding carboxylic acids is 1. The van der Waals surface area contributed by atoms with Crippen molar-refractivity contribution in [1.82, 2.24) is 15.0 Å². The minimum absolute atomic E-state index is 0.310. The number of amides is 1. The monoisotopic (exact) mass is 465 g/mol. The minimum atomic E-state index is -0.310. The van der Waals surface area contributed by atoms with Gasteiger partial charge in [-0.25, -0.2) is 9.97 Å². The molecule has 0 aliphatic heterocycles. The highest BCUT2D eigenvalue weighted by molar-refractivity contribution is 6.39. The van der Waals surface area contributed by atoms with Gasteiger partial charge in [-0.05, 0) is 37.3 Å². The van der Waals surface area contributed by atoms with Gasteiger partial charge in [0, 0.05) is 12.6 Å². The minimum Gasteiger partial charge on any atom is -0.440 e. The molecule has 32 heavy (non-hydrogen) atoms. The third kappa shape index (κ3) is 3.66. The Morgan fingerprint density at radius 2 is 1.72 bits per heavy atom. The zero-order valence-electron chi connectivity index (χ0n) is 17.1. The number of fused-ring (bicyclic) bond motifs is 3. The number of rotatable bonds is 4. The topological polar surface area (TPSA) is 95.8 Å². The molecule has 0 spiro atoms. The van der Waals surface area contributed by atoms with Crippen LogP contribution in [0.4, 0.5) is 17.3 Å². The number of para-hydroxylation sites is 1. The van der Waals surface area contributed by atoms with Gasteiger partial charge in [0.25, 0.3) is 5.91 Å². The normalized spacial score (nSPS) is 11.2. The maximum atomic E-state index is 13.1. The number of H-pyrrole nitrogens is 1. The number of hydrogen-bond donors (Lipinski definition) is 3. The predicted molar refractivity (Wildman–Crippen MR) is 127 cm³/mol. The number of halogens is 2. The number of benzene rings is 3. The Kier molecular flexibility index (Phi) is 5.00. The molecule has 1 amide bonds. The molecule has 0 saturated heterocycles. The molecule has 0 aliphatic carbocycles. The Morgan fingerprint density at radius 1 is 1.00 bits per heavy atom. The van der Waals surface area contributed by atoms with Crippen LogP contribution in [-0.2, 0) is 0 Å². The first-order chi connectivity index (χ1) is 15.4. The molecule has 0 fully saturated rings.